The van der Waals surface area contributed by atoms with Gasteiger partial charge >= 0.3 is 13.5 Å². The molecule has 1 aliphatic heterocycles. The number of fused-ring (bicyclic) bond motifs is 1. The average Bonchev–Trinajstić information content (AvgIpc) is 3.23. The molecule has 1 unspecified atom stereocenters. The van der Waals surface area contributed by atoms with E-state index in [1.807, 2.05) is 48.5 Å². The Balaban J connectivity index is 1.41. The topological polar surface area (TPSA) is 74.2 Å². The van der Waals surface area contributed by atoms with Crippen LogP contribution in [0.1, 0.15) is 37.0 Å². The molecule has 7 heteroatoms. The first-order chi connectivity index (χ1) is 15.6. The van der Waals surface area contributed by atoms with E-state index in [2.05, 4.69) is 0 Å². The van der Waals surface area contributed by atoms with Crippen LogP contribution in [0.2, 0.25) is 0 Å². The van der Waals surface area contributed by atoms with Gasteiger partial charge in [0.2, 0.25) is 0 Å². The van der Waals surface area contributed by atoms with Gasteiger partial charge in [0.25, 0.3) is 0 Å². The summed E-state index contributed by atoms with van der Waals surface area (Å²) in [6.45, 7) is 2.58. The lowest BCUT2D eigenvalue weighted by Crippen LogP contribution is -2.12. The molecule has 1 aliphatic rings. The summed E-state index contributed by atoms with van der Waals surface area (Å²) in [5.41, 5.74) is 2.45. The van der Waals surface area contributed by atoms with Crippen molar-refractivity contribution in [1.29, 1.82) is 0 Å². The molecule has 163 valence electrons. The van der Waals surface area contributed by atoms with Crippen LogP contribution in [0.15, 0.2) is 66.7 Å². The lowest BCUT2D eigenvalue weighted by atomic mass is 9.85. The molecule has 1 radical (unpaired) electrons. The number of rotatable bonds is 9. The second-order valence-electron chi connectivity index (χ2n) is 7.35. The summed E-state index contributed by atoms with van der Waals surface area (Å²) in [6.07, 6.45) is 0.424. The van der Waals surface area contributed by atoms with Crippen LogP contribution < -0.4 is 14.9 Å². The van der Waals surface area contributed by atoms with E-state index >= 15 is 0 Å². The zero-order chi connectivity index (χ0) is 22.3. The molecule has 1 atom stereocenters. The number of benzene rings is 3. The first kappa shape index (κ1) is 21.8. The number of hydrogen-bond acceptors (Lipinski definition) is 6. The summed E-state index contributed by atoms with van der Waals surface area (Å²) in [5, 5.41) is 10.7. The normalized spacial score (nSPS) is 14.3. The van der Waals surface area contributed by atoms with Crippen molar-refractivity contribution < 1.29 is 28.8 Å². The molecule has 0 amide bonds. The molecule has 3 aromatic carbocycles. The van der Waals surface area contributed by atoms with Crippen molar-refractivity contribution in [3.8, 4) is 23.0 Å². The maximum atomic E-state index is 11.6. The van der Waals surface area contributed by atoms with Gasteiger partial charge in [-0.1, -0.05) is 42.5 Å². The molecule has 0 bridgehead atoms. The van der Waals surface area contributed by atoms with E-state index in [0.717, 1.165) is 11.1 Å². The first-order valence-electron chi connectivity index (χ1n) is 10.6. The zero-order valence-electron chi connectivity index (χ0n) is 17.8. The molecule has 0 spiro atoms. The predicted octanol–water partition coefficient (Wildman–Crippen LogP) is 4.42. The molecule has 0 aliphatic carbocycles. The van der Waals surface area contributed by atoms with Crippen LogP contribution in [0.5, 0.6) is 23.0 Å². The van der Waals surface area contributed by atoms with E-state index in [4.69, 9.17) is 18.9 Å². The minimum atomic E-state index is -0.302. The van der Waals surface area contributed by atoms with Crippen molar-refractivity contribution in [3.63, 3.8) is 0 Å². The molecule has 1 N–H and O–H groups in total. The Bertz CT molecular complexity index is 1070. The van der Waals surface area contributed by atoms with Crippen molar-refractivity contribution in [2.24, 2.45) is 0 Å². The van der Waals surface area contributed by atoms with Crippen LogP contribution in [0.3, 0.4) is 0 Å². The van der Waals surface area contributed by atoms with Crippen LogP contribution in [0.4, 0.5) is 0 Å². The molecule has 1 heterocycles. The maximum absolute atomic E-state index is 11.6. The Labute approximate surface area is 188 Å². The van der Waals surface area contributed by atoms with Gasteiger partial charge in [0.1, 0.15) is 18.1 Å². The number of phenolic OH excluding ortho intramolecular Hbond substituents is 1. The molecule has 0 saturated carbocycles. The standard InChI is InChI=1S/C25H24BO6/c1-2-29-23(27)14-13-21-20-11-12-22(25(28)24(20)26-32-21)31-19-10-6-9-18(15-19)30-16-17-7-4-3-5-8-17/h3-12,15,21,28H,2,13-14,16H2,1H3. The molecule has 32 heavy (non-hydrogen) atoms. The van der Waals surface area contributed by atoms with Gasteiger partial charge in [0.05, 0.1) is 12.7 Å². The Morgan fingerprint density at radius 2 is 1.88 bits per heavy atom. The van der Waals surface area contributed by atoms with Gasteiger partial charge in [-0.15, -0.1) is 0 Å². The third-order valence-electron chi connectivity index (χ3n) is 5.11. The summed E-state index contributed by atoms with van der Waals surface area (Å²) in [6, 6.07) is 20.7. The summed E-state index contributed by atoms with van der Waals surface area (Å²) >= 11 is 0. The molecule has 6 nitrogen and oxygen atoms in total. The predicted molar refractivity (Wildman–Crippen MR) is 120 cm³/mol. The van der Waals surface area contributed by atoms with Gasteiger partial charge in [-0.2, -0.15) is 0 Å². The van der Waals surface area contributed by atoms with E-state index in [1.165, 1.54) is 7.48 Å². The van der Waals surface area contributed by atoms with E-state index in [-0.39, 0.29) is 24.2 Å². The Morgan fingerprint density at radius 3 is 2.69 bits per heavy atom. The quantitative estimate of drug-likeness (QED) is 0.399. The monoisotopic (exact) mass is 431 g/mol. The van der Waals surface area contributed by atoms with Crippen molar-refractivity contribution in [2.75, 3.05) is 6.61 Å². The number of carbonyl (C=O) groups excluding carboxylic acids is 1. The Kier molecular flexibility index (Phi) is 6.97. The second-order valence-corrected chi connectivity index (χ2v) is 7.35. The number of aromatic hydroxyl groups is 1. The highest BCUT2D eigenvalue weighted by molar-refractivity contribution is 6.50. The average molecular weight is 431 g/mol. The SMILES string of the molecule is CCOC(=O)CCC1O[B]c2c1ccc(Oc1cccc(OCc3ccccc3)c1)c2O. The summed E-state index contributed by atoms with van der Waals surface area (Å²) in [5.74, 6) is 1.26. The largest absolute Gasteiger partial charge is 0.505 e. The number of esters is 1. The van der Waals surface area contributed by atoms with Crippen LogP contribution in [0, 0.1) is 0 Å². The van der Waals surface area contributed by atoms with Crippen molar-refractivity contribution in [2.45, 2.75) is 32.5 Å². The van der Waals surface area contributed by atoms with Crippen LogP contribution in [-0.2, 0) is 20.8 Å². The highest BCUT2D eigenvalue weighted by Gasteiger charge is 2.29. The van der Waals surface area contributed by atoms with Gasteiger partial charge in [-0.25, -0.2) is 0 Å². The van der Waals surface area contributed by atoms with Crippen LogP contribution >= 0.6 is 0 Å². The van der Waals surface area contributed by atoms with E-state index < -0.39 is 0 Å². The van der Waals surface area contributed by atoms with Gasteiger partial charge < -0.3 is 24.0 Å². The highest BCUT2D eigenvalue weighted by atomic mass is 16.5. The zero-order valence-corrected chi connectivity index (χ0v) is 17.8. The Morgan fingerprint density at radius 1 is 1.06 bits per heavy atom. The fourth-order valence-corrected chi connectivity index (χ4v) is 3.52. The van der Waals surface area contributed by atoms with E-state index in [9.17, 15) is 9.90 Å². The smallest absolute Gasteiger partial charge is 0.335 e. The summed E-state index contributed by atoms with van der Waals surface area (Å²) in [7, 11) is 1.51. The second kappa shape index (κ2) is 10.2. The molecule has 4 rings (SSSR count). The summed E-state index contributed by atoms with van der Waals surface area (Å²) < 4.78 is 22.4. The molecule has 0 saturated heterocycles. The summed E-state index contributed by atoms with van der Waals surface area (Å²) in [4.78, 5) is 11.6. The number of ether oxygens (including phenoxy) is 3. The van der Waals surface area contributed by atoms with E-state index in [0.29, 0.717) is 42.3 Å². The van der Waals surface area contributed by atoms with E-state index in [1.54, 1.807) is 25.1 Å². The molecular weight excluding hydrogens is 407 g/mol. The van der Waals surface area contributed by atoms with Crippen LogP contribution in [0.25, 0.3) is 0 Å². The first-order valence-corrected chi connectivity index (χ1v) is 10.6. The molecule has 0 aromatic heterocycles. The number of phenols is 1. The van der Waals surface area contributed by atoms with Gasteiger partial charge in [-0.3, -0.25) is 4.79 Å². The fourth-order valence-electron chi connectivity index (χ4n) is 3.52. The maximum Gasteiger partial charge on any atom is 0.335 e. The number of carbonyl (C=O) groups is 1. The number of hydrogen-bond donors (Lipinski definition) is 1. The third-order valence-corrected chi connectivity index (χ3v) is 5.11. The highest BCUT2D eigenvalue weighted by Crippen LogP contribution is 2.36. The molecule has 0 fully saturated rings. The fraction of sp³-hybridized carbons (Fsp3) is 0.240. The third kappa shape index (κ3) is 5.24. The van der Waals surface area contributed by atoms with Crippen molar-refractivity contribution >= 4 is 18.9 Å². The Hall–Kier alpha value is -3.45. The van der Waals surface area contributed by atoms with Gasteiger partial charge in [-0.05, 0) is 48.1 Å². The van der Waals surface area contributed by atoms with Crippen molar-refractivity contribution in [1.82, 2.24) is 0 Å². The minimum Gasteiger partial charge on any atom is -0.505 e. The lowest BCUT2D eigenvalue weighted by molar-refractivity contribution is -0.143. The van der Waals surface area contributed by atoms with Crippen LogP contribution in [-0.4, -0.2) is 25.2 Å². The molecular formula is C25H24BO6. The van der Waals surface area contributed by atoms with Crippen molar-refractivity contribution in [3.05, 3.63) is 77.9 Å². The van der Waals surface area contributed by atoms with Gasteiger partial charge in [0.15, 0.2) is 11.5 Å². The van der Waals surface area contributed by atoms with Gasteiger partial charge in [0, 0.05) is 12.5 Å². The molecule has 3 aromatic rings. The minimum absolute atomic E-state index is 0.00302. The lowest BCUT2D eigenvalue weighted by Gasteiger charge is -2.14.